The minimum absolute atomic E-state index is 0.142. The van der Waals surface area contributed by atoms with Crippen LogP contribution < -0.4 is 0 Å². The summed E-state index contributed by atoms with van der Waals surface area (Å²) in [6.45, 7) is 8.61. The monoisotopic (exact) mass is 509 g/mol. The van der Waals surface area contributed by atoms with Crippen LogP contribution in [-0.2, 0) is 11.2 Å². The maximum absolute atomic E-state index is 13.5. The van der Waals surface area contributed by atoms with Gasteiger partial charge in [0.25, 0.3) is 5.91 Å². The van der Waals surface area contributed by atoms with Gasteiger partial charge >= 0.3 is 0 Å². The SMILES string of the molecule is C=CN(C)C(=NC)C(=O)/C(=C/C)c1cc(C(=O)N2CCC(Cc3ccc(F)cc3)CC2)c(Cl)cc1C. The Morgan fingerprint density at radius 2 is 1.83 bits per heavy atom. The van der Waals surface area contributed by atoms with Crippen LogP contribution in [0.2, 0.25) is 5.02 Å². The lowest BCUT2D eigenvalue weighted by Crippen LogP contribution is -2.39. The van der Waals surface area contributed by atoms with Crippen LogP contribution in [0, 0.1) is 18.7 Å². The first kappa shape index (κ1) is 27.3. The van der Waals surface area contributed by atoms with Crippen molar-refractivity contribution in [2.24, 2.45) is 10.9 Å². The zero-order valence-corrected chi connectivity index (χ0v) is 22.1. The number of piperidine rings is 1. The second-order valence-corrected chi connectivity index (χ2v) is 9.49. The number of carbonyl (C=O) groups is 2. The Bertz CT molecular complexity index is 1200. The first-order chi connectivity index (χ1) is 17.2. The summed E-state index contributed by atoms with van der Waals surface area (Å²) in [4.78, 5) is 34.3. The molecule has 1 saturated heterocycles. The molecule has 0 saturated carbocycles. The van der Waals surface area contributed by atoms with Gasteiger partial charge in [-0.05, 0) is 86.2 Å². The van der Waals surface area contributed by atoms with E-state index in [1.807, 2.05) is 24.0 Å². The highest BCUT2D eigenvalue weighted by atomic mass is 35.5. The summed E-state index contributed by atoms with van der Waals surface area (Å²) >= 11 is 6.53. The van der Waals surface area contributed by atoms with Crippen molar-refractivity contribution in [2.45, 2.75) is 33.1 Å². The lowest BCUT2D eigenvalue weighted by atomic mass is 9.89. The van der Waals surface area contributed by atoms with E-state index in [1.165, 1.54) is 18.3 Å². The number of amides is 1. The molecular weight excluding hydrogens is 477 g/mol. The number of nitrogens with zero attached hydrogens (tertiary/aromatic N) is 3. The number of carbonyl (C=O) groups excluding carboxylic acids is 2. The van der Waals surface area contributed by atoms with Crippen LogP contribution in [0.1, 0.15) is 46.8 Å². The van der Waals surface area contributed by atoms with Crippen molar-refractivity contribution in [1.82, 2.24) is 9.80 Å². The van der Waals surface area contributed by atoms with Crippen molar-refractivity contribution in [2.75, 3.05) is 27.2 Å². The average Bonchev–Trinajstić information content (AvgIpc) is 2.87. The third kappa shape index (κ3) is 6.11. The molecule has 0 bridgehead atoms. The molecule has 190 valence electrons. The van der Waals surface area contributed by atoms with E-state index in [0.29, 0.717) is 40.7 Å². The van der Waals surface area contributed by atoms with Crippen molar-refractivity contribution >= 4 is 34.7 Å². The van der Waals surface area contributed by atoms with Crippen LogP contribution in [0.3, 0.4) is 0 Å². The number of Topliss-reactive ketones (excluding diaryl/α,β-unsaturated/α-hetero) is 1. The molecule has 3 rings (SSSR count). The summed E-state index contributed by atoms with van der Waals surface area (Å²) in [6, 6.07) is 10.1. The molecule has 1 aliphatic rings. The molecule has 1 heterocycles. The molecule has 0 radical (unpaired) electrons. The van der Waals surface area contributed by atoms with Crippen molar-refractivity contribution in [3.63, 3.8) is 0 Å². The minimum Gasteiger partial charge on any atom is -0.339 e. The molecule has 2 aromatic rings. The van der Waals surface area contributed by atoms with Gasteiger partial charge in [0.15, 0.2) is 5.84 Å². The van der Waals surface area contributed by atoms with Crippen LogP contribution in [0.5, 0.6) is 0 Å². The number of hydrogen-bond donors (Lipinski definition) is 0. The van der Waals surface area contributed by atoms with Gasteiger partial charge in [-0.2, -0.15) is 0 Å². The predicted octanol–water partition coefficient (Wildman–Crippen LogP) is 5.96. The van der Waals surface area contributed by atoms with E-state index >= 15 is 0 Å². The minimum atomic E-state index is -0.257. The Kier molecular flexibility index (Phi) is 9.21. The van der Waals surface area contributed by atoms with Crippen LogP contribution >= 0.6 is 11.6 Å². The Morgan fingerprint density at radius 3 is 2.39 bits per heavy atom. The molecule has 2 aromatic carbocycles. The normalized spacial score (nSPS) is 15.1. The maximum atomic E-state index is 13.5. The predicted molar refractivity (Wildman–Crippen MR) is 145 cm³/mol. The highest BCUT2D eigenvalue weighted by molar-refractivity contribution is 6.55. The van der Waals surface area contributed by atoms with E-state index in [4.69, 9.17) is 11.6 Å². The largest absolute Gasteiger partial charge is 0.339 e. The lowest BCUT2D eigenvalue weighted by molar-refractivity contribution is -0.108. The van der Waals surface area contributed by atoms with E-state index in [1.54, 1.807) is 44.1 Å². The van der Waals surface area contributed by atoms with Crippen LogP contribution in [0.15, 0.2) is 60.2 Å². The van der Waals surface area contributed by atoms with Crippen LogP contribution in [-0.4, -0.2) is 54.5 Å². The van der Waals surface area contributed by atoms with Gasteiger partial charge in [-0.1, -0.05) is 36.4 Å². The van der Waals surface area contributed by atoms with Crippen molar-refractivity contribution < 1.29 is 14.0 Å². The molecule has 36 heavy (non-hydrogen) atoms. The van der Waals surface area contributed by atoms with Gasteiger partial charge in [0.1, 0.15) is 5.82 Å². The number of aliphatic imine (C=N–C) groups is 1. The van der Waals surface area contributed by atoms with E-state index in [-0.39, 0.29) is 23.3 Å². The standard InChI is InChI=1S/C29H33ClFN3O2/c1-6-23(27(35)28(32-4)33(5)7-2)24-18-25(26(30)16-19(24)3)29(36)34-14-12-21(13-15-34)17-20-8-10-22(31)11-9-20/h6-11,16,18,21H,2,12-15,17H2,1,3-5H3/b23-6+,32-28?. The summed E-state index contributed by atoms with van der Waals surface area (Å²) in [6.07, 6.45) is 5.85. The quantitative estimate of drug-likeness (QED) is 0.263. The van der Waals surface area contributed by atoms with Crippen LogP contribution in [0.4, 0.5) is 4.39 Å². The van der Waals surface area contributed by atoms with E-state index in [2.05, 4.69) is 11.6 Å². The third-order valence-corrected chi connectivity index (χ3v) is 7.04. The summed E-state index contributed by atoms with van der Waals surface area (Å²) in [7, 11) is 3.27. The molecule has 0 unspecified atom stereocenters. The summed E-state index contributed by atoms with van der Waals surface area (Å²) in [5, 5.41) is 0.366. The van der Waals surface area contributed by atoms with Gasteiger partial charge in [0.2, 0.25) is 5.78 Å². The van der Waals surface area contributed by atoms with Crippen molar-refractivity contribution in [3.05, 3.63) is 88.3 Å². The number of allylic oxidation sites excluding steroid dienone is 1. The highest BCUT2D eigenvalue weighted by Crippen LogP contribution is 2.30. The number of aryl methyl sites for hydroxylation is 1. The Balaban J connectivity index is 1.78. The molecule has 0 atom stereocenters. The number of likely N-dealkylation sites (tertiary alicyclic amines) is 1. The summed E-state index contributed by atoms with van der Waals surface area (Å²) < 4.78 is 13.2. The van der Waals surface area contributed by atoms with Gasteiger partial charge in [0, 0.05) is 32.8 Å². The fourth-order valence-corrected chi connectivity index (χ4v) is 4.93. The molecular formula is C29H33ClFN3O2. The molecule has 1 fully saturated rings. The van der Waals surface area contributed by atoms with Crippen molar-refractivity contribution in [3.8, 4) is 0 Å². The Morgan fingerprint density at radius 1 is 1.19 bits per heavy atom. The average molecular weight is 510 g/mol. The second-order valence-electron chi connectivity index (χ2n) is 9.09. The van der Waals surface area contributed by atoms with Gasteiger partial charge in [-0.25, -0.2) is 4.39 Å². The lowest BCUT2D eigenvalue weighted by Gasteiger charge is -2.32. The molecule has 5 nitrogen and oxygen atoms in total. The summed E-state index contributed by atoms with van der Waals surface area (Å²) in [5.74, 6) is 0.0555. The topological polar surface area (TPSA) is 53.0 Å². The smallest absolute Gasteiger partial charge is 0.255 e. The van der Waals surface area contributed by atoms with Gasteiger partial charge in [0.05, 0.1) is 10.6 Å². The molecule has 7 heteroatoms. The van der Waals surface area contributed by atoms with E-state index < -0.39 is 0 Å². The Hall–Kier alpha value is -3.25. The van der Waals surface area contributed by atoms with Gasteiger partial charge < -0.3 is 9.80 Å². The number of likely N-dealkylation sites (N-methyl/N-ethyl adjacent to an activating group) is 1. The van der Waals surface area contributed by atoms with E-state index in [0.717, 1.165) is 30.4 Å². The number of hydrogen-bond acceptors (Lipinski definition) is 3. The fourth-order valence-electron chi connectivity index (χ4n) is 4.63. The van der Waals surface area contributed by atoms with E-state index in [9.17, 15) is 14.0 Å². The number of amidine groups is 1. The fraction of sp³-hybridized carbons (Fsp3) is 0.345. The zero-order chi connectivity index (χ0) is 26.4. The molecule has 0 aliphatic carbocycles. The van der Waals surface area contributed by atoms with Crippen LogP contribution in [0.25, 0.3) is 5.57 Å². The molecule has 0 aromatic heterocycles. The van der Waals surface area contributed by atoms with Gasteiger partial charge in [-0.15, -0.1) is 0 Å². The molecule has 1 amide bonds. The van der Waals surface area contributed by atoms with Crippen molar-refractivity contribution in [1.29, 1.82) is 0 Å². The second kappa shape index (κ2) is 12.1. The third-order valence-electron chi connectivity index (χ3n) is 6.73. The molecule has 0 N–H and O–H groups in total. The maximum Gasteiger partial charge on any atom is 0.255 e. The molecule has 1 aliphatic heterocycles. The zero-order valence-electron chi connectivity index (χ0n) is 21.4. The number of halogens is 2. The molecule has 0 spiro atoms. The number of rotatable bonds is 7. The Labute approximate surface area is 218 Å². The highest BCUT2D eigenvalue weighted by Gasteiger charge is 2.27. The first-order valence-electron chi connectivity index (χ1n) is 12.1. The number of ketones is 1. The first-order valence-corrected chi connectivity index (χ1v) is 12.4. The van der Waals surface area contributed by atoms with Gasteiger partial charge in [-0.3, -0.25) is 14.6 Å². The summed E-state index contributed by atoms with van der Waals surface area (Å²) in [5.41, 5.74) is 3.39. The number of benzene rings is 2.